The molecule has 24 heavy (non-hydrogen) atoms. The van der Waals surface area contributed by atoms with Crippen molar-refractivity contribution in [3.63, 3.8) is 0 Å². The molecule has 1 aromatic heterocycles. The summed E-state index contributed by atoms with van der Waals surface area (Å²) >= 11 is 0. The molecule has 0 N–H and O–H groups in total. The predicted octanol–water partition coefficient (Wildman–Crippen LogP) is 3.06. The Morgan fingerprint density at radius 2 is 1.75 bits per heavy atom. The quantitative estimate of drug-likeness (QED) is 0.788. The van der Waals surface area contributed by atoms with Crippen LogP contribution < -0.4 is 0 Å². The molecule has 0 aliphatic rings. The van der Waals surface area contributed by atoms with Gasteiger partial charge in [0, 0.05) is 6.20 Å². The van der Waals surface area contributed by atoms with Gasteiger partial charge in [-0.2, -0.15) is 5.10 Å². The van der Waals surface area contributed by atoms with Crippen molar-refractivity contribution in [2.45, 2.75) is 39.8 Å². The number of rotatable bonds is 5. The number of nitrogens with zero attached hydrogens (tertiary/aromatic N) is 2. The van der Waals surface area contributed by atoms with Crippen LogP contribution in [0, 0.1) is 0 Å². The van der Waals surface area contributed by atoms with E-state index in [0.717, 1.165) is 5.56 Å². The van der Waals surface area contributed by atoms with Gasteiger partial charge in [0.1, 0.15) is 5.60 Å². The number of aromatic nitrogens is 2. The van der Waals surface area contributed by atoms with Crippen LogP contribution in [-0.4, -0.2) is 33.9 Å². The molecular weight excluding hydrogens is 308 g/mol. The molecule has 2 aromatic rings. The summed E-state index contributed by atoms with van der Waals surface area (Å²) in [5.41, 5.74) is 1.36. The van der Waals surface area contributed by atoms with E-state index in [0.29, 0.717) is 24.3 Å². The SMILES string of the molecule is CCOC(=O)c1cnn(Cc2ccc(C(=O)OC(C)(C)C)cc2)c1. The average Bonchev–Trinajstić information content (AvgIpc) is 2.95. The maximum Gasteiger partial charge on any atom is 0.341 e. The lowest BCUT2D eigenvalue weighted by atomic mass is 10.1. The Bertz CT molecular complexity index is 711. The van der Waals surface area contributed by atoms with Crippen LogP contribution in [0.2, 0.25) is 0 Å². The summed E-state index contributed by atoms with van der Waals surface area (Å²) in [6.07, 6.45) is 3.12. The molecule has 0 aliphatic heterocycles. The minimum absolute atomic E-state index is 0.330. The molecule has 0 aliphatic carbocycles. The summed E-state index contributed by atoms with van der Waals surface area (Å²) in [4.78, 5) is 23.6. The summed E-state index contributed by atoms with van der Waals surface area (Å²) in [5.74, 6) is -0.734. The van der Waals surface area contributed by atoms with Gasteiger partial charge in [-0.15, -0.1) is 0 Å². The highest BCUT2D eigenvalue weighted by atomic mass is 16.6. The first-order chi connectivity index (χ1) is 11.3. The summed E-state index contributed by atoms with van der Waals surface area (Å²) < 4.78 is 11.9. The zero-order valence-electron chi connectivity index (χ0n) is 14.4. The monoisotopic (exact) mass is 330 g/mol. The average molecular weight is 330 g/mol. The summed E-state index contributed by atoms with van der Waals surface area (Å²) in [7, 11) is 0. The Morgan fingerprint density at radius 3 is 2.33 bits per heavy atom. The first kappa shape index (κ1) is 17.7. The number of hydrogen-bond donors (Lipinski definition) is 0. The highest BCUT2D eigenvalue weighted by Crippen LogP contribution is 2.13. The Kier molecular flexibility index (Phi) is 5.39. The molecule has 6 nitrogen and oxygen atoms in total. The van der Waals surface area contributed by atoms with Gasteiger partial charge in [-0.25, -0.2) is 9.59 Å². The first-order valence-electron chi connectivity index (χ1n) is 7.80. The van der Waals surface area contributed by atoms with E-state index in [1.54, 1.807) is 29.9 Å². The van der Waals surface area contributed by atoms with Crippen molar-refractivity contribution in [2.75, 3.05) is 6.61 Å². The predicted molar refractivity (Wildman–Crippen MR) is 88.9 cm³/mol. The smallest absolute Gasteiger partial charge is 0.341 e. The fourth-order valence-electron chi connectivity index (χ4n) is 2.04. The number of esters is 2. The van der Waals surface area contributed by atoms with Gasteiger partial charge in [-0.1, -0.05) is 12.1 Å². The van der Waals surface area contributed by atoms with Gasteiger partial charge >= 0.3 is 11.9 Å². The van der Waals surface area contributed by atoms with E-state index in [4.69, 9.17) is 9.47 Å². The fourth-order valence-corrected chi connectivity index (χ4v) is 2.04. The number of hydrogen-bond acceptors (Lipinski definition) is 5. The van der Waals surface area contributed by atoms with Gasteiger partial charge in [0.25, 0.3) is 0 Å². The molecule has 0 saturated carbocycles. The van der Waals surface area contributed by atoms with Crippen LogP contribution in [0.15, 0.2) is 36.7 Å². The van der Waals surface area contributed by atoms with Crippen molar-refractivity contribution >= 4 is 11.9 Å². The second-order valence-corrected chi connectivity index (χ2v) is 6.35. The van der Waals surface area contributed by atoms with E-state index < -0.39 is 5.60 Å². The largest absolute Gasteiger partial charge is 0.462 e. The summed E-state index contributed by atoms with van der Waals surface area (Å²) in [6.45, 7) is 8.08. The van der Waals surface area contributed by atoms with E-state index in [1.165, 1.54) is 6.20 Å². The molecule has 0 spiro atoms. The van der Waals surface area contributed by atoms with Crippen LogP contribution in [0.4, 0.5) is 0 Å². The van der Waals surface area contributed by atoms with Gasteiger partial charge in [0.2, 0.25) is 0 Å². The van der Waals surface area contributed by atoms with Crippen molar-refractivity contribution in [1.82, 2.24) is 9.78 Å². The lowest BCUT2D eigenvalue weighted by molar-refractivity contribution is 0.00693. The standard InChI is InChI=1S/C18H22N2O4/c1-5-23-16(21)15-10-19-20(12-15)11-13-6-8-14(9-7-13)17(22)24-18(2,3)4/h6-10,12H,5,11H2,1-4H3. The van der Waals surface area contributed by atoms with Crippen molar-refractivity contribution in [3.8, 4) is 0 Å². The third kappa shape index (κ3) is 4.94. The van der Waals surface area contributed by atoms with E-state index in [-0.39, 0.29) is 11.9 Å². The fraction of sp³-hybridized carbons (Fsp3) is 0.389. The van der Waals surface area contributed by atoms with Gasteiger partial charge in [0.05, 0.1) is 30.5 Å². The van der Waals surface area contributed by atoms with Crippen molar-refractivity contribution < 1.29 is 19.1 Å². The Balaban J connectivity index is 2.02. The van der Waals surface area contributed by atoms with Gasteiger partial charge in [-0.05, 0) is 45.4 Å². The number of ether oxygens (including phenoxy) is 2. The van der Waals surface area contributed by atoms with E-state index >= 15 is 0 Å². The maximum atomic E-state index is 12.0. The second-order valence-electron chi connectivity index (χ2n) is 6.35. The molecule has 1 aromatic carbocycles. The first-order valence-corrected chi connectivity index (χ1v) is 7.80. The molecule has 0 unspecified atom stereocenters. The molecule has 0 atom stereocenters. The third-order valence-corrected chi connectivity index (χ3v) is 3.08. The van der Waals surface area contributed by atoms with Crippen LogP contribution in [0.25, 0.3) is 0 Å². The normalized spacial score (nSPS) is 11.2. The molecule has 6 heteroatoms. The molecule has 0 amide bonds. The van der Waals surface area contributed by atoms with Crippen LogP contribution in [0.5, 0.6) is 0 Å². The molecule has 128 valence electrons. The Labute approximate surface area is 141 Å². The summed E-state index contributed by atoms with van der Waals surface area (Å²) in [5, 5.41) is 4.15. The zero-order valence-corrected chi connectivity index (χ0v) is 14.4. The lowest BCUT2D eigenvalue weighted by Gasteiger charge is -2.19. The Morgan fingerprint density at radius 1 is 1.08 bits per heavy atom. The highest BCUT2D eigenvalue weighted by molar-refractivity contribution is 5.89. The number of carbonyl (C=O) groups excluding carboxylic acids is 2. The van der Waals surface area contributed by atoms with Crippen molar-refractivity contribution in [3.05, 3.63) is 53.3 Å². The van der Waals surface area contributed by atoms with Crippen LogP contribution >= 0.6 is 0 Å². The Hall–Kier alpha value is -2.63. The van der Waals surface area contributed by atoms with Crippen LogP contribution in [0.1, 0.15) is 54.0 Å². The molecule has 2 rings (SSSR count). The minimum atomic E-state index is -0.520. The molecule has 1 heterocycles. The zero-order chi connectivity index (χ0) is 17.7. The molecule has 0 saturated heterocycles. The maximum absolute atomic E-state index is 12.0. The lowest BCUT2D eigenvalue weighted by Crippen LogP contribution is -2.23. The number of benzene rings is 1. The van der Waals surface area contributed by atoms with Crippen molar-refractivity contribution in [1.29, 1.82) is 0 Å². The van der Waals surface area contributed by atoms with Crippen molar-refractivity contribution in [2.24, 2.45) is 0 Å². The molecule has 0 fully saturated rings. The molecular formula is C18H22N2O4. The molecule has 0 radical (unpaired) electrons. The van der Waals surface area contributed by atoms with Gasteiger partial charge < -0.3 is 9.47 Å². The second kappa shape index (κ2) is 7.29. The third-order valence-electron chi connectivity index (χ3n) is 3.08. The van der Waals surface area contributed by atoms with Gasteiger partial charge in [-0.3, -0.25) is 4.68 Å². The van der Waals surface area contributed by atoms with Crippen LogP contribution in [-0.2, 0) is 16.0 Å². The highest BCUT2D eigenvalue weighted by Gasteiger charge is 2.17. The topological polar surface area (TPSA) is 70.4 Å². The van der Waals surface area contributed by atoms with E-state index in [9.17, 15) is 9.59 Å². The minimum Gasteiger partial charge on any atom is -0.462 e. The summed E-state index contributed by atoms with van der Waals surface area (Å²) in [6, 6.07) is 7.12. The van der Waals surface area contributed by atoms with E-state index in [2.05, 4.69) is 5.10 Å². The van der Waals surface area contributed by atoms with Crippen LogP contribution in [0.3, 0.4) is 0 Å². The van der Waals surface area contributed by atoms with Gasteiger partial charge in [0.15, 0.2) is 0 Å². The number of carbonyl (C=O) groups is 2. The molecule has 0 bridgehead atoms. The van der Waals surface area contributed by atoms with E-state index in [1.807, 2.05) is 32.9 Å².